The fraction of sp³-hybridized carbons (Fsp3) is 0.772. The van der Waals surface area contributed by atoms with Crippen molar-refractivity contribution < 1.29 is 44.6 Å². The van der Waals surface area contributed by atoms with Crippen molar-refractivity contribution in [3.05, 3.63) is 82.2 Å². The zero-order chi connectivity index (χ0) is 62.3. The number of aldehydes is 1. The van der Waals surface area contributed by atoms with E-state index in [1.165, 1.54) is 80.8 Å². The second-order valence-corrected chi connectivity index (χ2v) is 35.4. The molecular weight excluding hydrogens is 1120 g/mol. The number of rotatable bonds is 11. The number of aliphatic hydroxyl groups is 5. The molecule has 1 aromatic carbocycles. The molecule has 2 saturated heterocycles. The van der Waals surface area contributed by atoms with Crippen LogP contribution in [0.1, 0.15) is 219 Å². The first kappa shape index (κ1) is 61.3. The summed E-state index contributed by atoms with van der Waals surface area (Å²) in [6.07, 6.45) is 35.7. The monoisotopic (exact) mass is 1230 g/mol. The van der Waals surface area contributed by atoms with Crippen molar-refractivity contribution in [1.82, 2.24) is 5.32 Å². The van der Waals surface area contributed by atoms with Gasteiger partial charge in [-0.05, 0) is 259 Å². The molecule has 488 valence electrons. The van der Waals surface area contributed by atoms with Crippen LogP contribution >= 0.6 is 0 Å². The Kier molecular flexibility index (Phi) is 14.3. The van der Waals surface area contributed by atoms with Crippen LogP contribution in [0.2, 0.25) is 0 Å². The van der Waals surface area contributed by atoms with Crippen molar-refractivity contribution in [1.29, 1.82) is 0 Å². The number of dihydropyridines is 1. The lowest BCUT2D eigenvalue weighted by atomic mass is 9.31. The van der Waals surface area contributed by atoms with Gasteiger partial charge >= 0.3 is 0 Å². The van der Waals surface area contributed by atoms with Gasteiger partial charge < -0.3 is 50.9 Å². The van der Waals surface area contributed by atoms with Crippen molar-refractivity contribution in [3.8, 4) is 11.8 Å². The van der Waals surface area contributed by atoms with Crippen LogP contribution in [0.25, 0.3) is 0 Å². The van der Waals surface area contributed by atoms with Gasteiger partial charge in [0.05, 0.1) is 36.3 Å². The highest BCUT2D eigenvalue weighted by Gasteiger charge is 2.83. The third-order valence-electron chi connectivity index (χ3n) is 31.7. The number of aliphatic hydroxyl groups excluding tert-OH is 3. The van der Waals surface area contributed by atoms with Crippen LogP contribution in [0.4, 0.5) is 0 Å². The first-order valence-corrected chi connectivity index (χ1v) is 36.6. The minimum absolute atomic E-state index is 0.00737. The van der Waals surface area contributed by atoms with Gasteiger partial charge in [0, 0.05) is 59.0 Å². The summed E-state index contributed by atoms with van der Waals surface area (Å²) in [4.78, 5) is 30.4. The van der Waals surface area contributed by atoms with E-state index in [1.807, 2.05) is 26.0 Å². The number of hydrogen-bond donors (Lipinski definition) is 7. The number of ether oxygens (including phenoxy) is 2. The molecule has 16 rings (SSSR count). The lowest BCUT2D eigenvalue weighted by molar-refractivity contribution is -0.227. The van der Waals surface area contributed by atoms with Crippen molar-refractivity contribution in [3.63, 3.8) is 0 Å². The molecule has 0 unspecified atom stereocenters. The number of epoxide rings is 1. The first-order valence-electron chi connectivity index (χ1n) is 36.6. The normalized spacial score (nSPS) is 47.9. The van der Waals surface area contributed by atoms with Gasteiger partial charge in [0.15, 0.2) is 5.78 Å². The lowest BCUT2D eigenvalue weighted by Gasteiger charge is -2.72. The molecule has 11 nitrogen and oxygen atoms in total. The van der Waals surface area contributed by atoms with Gasteiger partial charge in [0.25, 0.3) is 0 Å². The van der Waals surface area contributed by atoms with Crippen LogP contribution in [0.15, 0.2) is 71.1 Å². The fourth-order valence-electron chi connectivity index (χ4n) is 27.6. The molecule has 1 aromatic rings. The molecular formula is C79H108N2O9. The van der Waals surface area contributed by atoms with E-state index < -0.39 is 68.1 Å². The number of benzene rings is 1. The Morgan fingerprint density at radius 2 is 1.62 bits per heavy atom. The molecule has 3 heterocycles. The number of nitrogens with one attached hydrogen (secondary N) is 1. The van der Waals surface area contributed by atoms with Crippen molar-refractivity contribution in [2.24, 2.45) is 102 Å². The highest BCUT2D eigenvalue weighted by Crippen LogP contribution is 2.86. The van der Waals surface area contributed by atoms with Gasteiger partial charge in [0.2, 0.25) is 0 Å². The topological polar surface area (TPSA) is 195 Å². The molecule has 3 aliphatic heterocycles. The number of carbonyl (C=O) groups is 2. The number of fused-ring (bicyclic) bond motifs is 4. The molecule has 21 atom stereocenters. The Labute approximate surface area is 537 Å². The van der Waals surface area contributed by atoms with E-state index in [-0.39, 0.29) is 82.1 Å². The number of carbonyl (C=O) groups excluding carboxylic acids is 2. The summed E-state index contributed by atoms with van der Waals surface area (Å²) in [5.41, 5.74) is 4.79. The molecule has 9 saturated carbocycles. The maximum Gasteiger partial charge on any atom is 0.159 e. The van der Waals surface area contributed by atoms with E-state index >= 15 is 9.90 Å². The summed E-state index contributed by atoms with van der Waals surface area (Å²) in [5, 5.41) is 68.8. The Morgan fingerprint density at radius 3 is 2.36 bits per heavy atom. The average Bonchev–Trinajstić information content (AvgIpc) is 1.29. The average molecular weight is 1230 g/mol. The van der Waals surface area contributed by atoms with Gasteiger partial charge in [-0.15, -0.1) is 0 Å². The zero-order valence-electron chi connectivity index (χ0n) is 55.0. The highest BCUT2D eigenvalue weighted by molar-refractivity contribution is 5.95. The third-order valence-corrected chi connectivity index (χ3v) is 31.7. The molecule has 15 aliphatic rings. The maximum absolute atomic E-state index is 16.8. The lowest BCUT2D eigenvalue weighted by Crippen LogP contribution is -2.71. The van der Waals surface area contributed by atoms with Crippen molar-refractivity contribution in [2.45, 2.75) is 255 Å². The summed E-state index contributed by atoms with van der Waals surface area (Å²) in [7, 11) is 0. The summed E-state index contributed by atoms with van der Waals surface area (Å²) in [5.74, 6) is 8.10. The SMILES string of the molecule is C[C@H]1CCO[C@]([C@H]2CC[C@@]3(O)C4=CC(=O)[C@@H]5C[C@@H](O)C[C@]67[C@@H]8C#CCc9ccccc9CC[C@H](C[C@]23C)[C@@H]4[C@]56CC([C@]2(CO)C[C@H](C=O)C[C@]23CCC2(CCCC2)C3)=C[C@H]7C[C@@]82CCC3(CCCC3)C2)([C@H]2O[C@@H]2[C@](C)(O)[C@](C)(CO)CCC2=CCNC(N)=C2)C1. The number of aryl methyl sites for hydroxylation is 1. The molecule has 0 radical (unpaired) electrons. The molecule has 8 N–H and O–H groups in total. The molecule has 90 heavy (non-hydrogen) atoms. The van der Waals surface area contributed by atoms with Crippen molar-refractivity contribution >= 4 is 12.1 Å². The number of allylic oxidation sites excluding steroid dienone is 4. The van der Waals surface area contributed by atoms with Crippen LogP contribution in [-0.4, -0.2) is 99.1 Å². The Bertz CT molecular complexity index is 3280. The van der Waals surface area contributed by atoms with Crippen LogP contribution < -0.4 is 11.1 Å². The first-order chi connectivity index (χ1) is 43.1. The number of hydrogen-bond acceptors (Lipinski definition) is 11. The summed E-state index contributed by atoms with van der Waals surface area (Å²) < 4.78 is 14.6. The maximum atomic E-state index is 16.8. The number of ketones is 1. The van der Waals surface area contributed by atoms with Crippen LogP contribution in [0.3, 0.4) is 0 Å². The van der Waals surface area contributed by atoms with Crippen LogP contribution in [-0.2, 0) is 31.9 Å². The minimum Gasteiger partial charge on any atom is -0.396 e. The quantitative estimate of drug-likeness (QED) is 0.0482. The second-order valence-electron chi connectivity index (χ2n) is 35.4. The zero-order valence-corrected chi connectivity index (χ0v) is 55.0. The highest BCUT2D eigenvalue weighted by atomic mass is 16.6. The van der Waals surface area contributed by atoms with Gasteiger partial charge in [0.1, 0.15) is 24.1 Å². The minimum atomic E-state index is -1.45. The number of nitrogens with two attached hydrogens (primary N) is 1. The fourth-order valence-corrected chi connectivity index (χ4v) is 27.6. The van der Waals surface area contributed by atoms with Crippen LogP contribution in [0, 0.1) is 108 Å². The van der Waals surface area contributed by atoms with Gasteiger partial charge in [-0.2, -0.15) is 0 Å². The molecule has 0 aromatic heterocycles. The molecule has 6 spiro atoms. The van der Waals surface area contributed by atoms with Crippen molar-refractivity contribution in [2.75, 3.05) is 26.4 Å². The molecule has 0 amide bonds. The van der Waals surface area contributed by atoms with E-state index in [0.717, 1.165) is 75.4 Å². The van der Waals surface area contributed by atoms with E-state index in [4.69, 9.17) is 15.2 Å². The summed E-state index contributed by atoms with van der Waals surface area (Å²) in [6.45, 7) is 9.45. The standard InChI is InChI=1S/C79H108N2O9/c1-50-21-33-89-78(38-50,67-66(90-67)70(4,87)68(2,48-83)26-18-51-20-32-81-64(80)34-51)62-19-27-79(88)60-37-61(86)59-36-58(85)44-76-57-35-56(75(49-84)40-52(45-82)39-74(75)31-29-72(47-74)24-9-10-25-72)43-77(59,76)65(60)55(41-69(62,79)3)17-16-54-13-6-5-12-53(54)14-11-15-63(76)73(42-57)30-28-71(46-73)22-7-8-23-71/h5-6,12-13,20,34-35,37,45,50,52,55,57-59,62-63,65-67,81,83-85,87-88H,7-10,14,16-19,21-33,36,38-44,46-49,80H2,1-4H3/t50-,52+,55+,57-,58+,59-,62-,63+,65-,66-,67-,68-,69+,70-,73+,74-,75+,76-,77-,78+,79+/m0/s1. The van der Waals surface area contributed by atoms with Crippen LogP contribution in [0.5, 0.6) is 0 Å². The molecule has 11 fully saturated rings. The van der Waals surface area contributed by atoms with E-state index in [0.29, 0.717) is 89.6 Å². The molecule has 11 heteroatoms. The van der Waals surface area contributed by atoms with E-state index in [1.54, 1.807) is 0 Å². The van der Waals surface area contributed by atoms with Gasteiger partial charge in [-0.3, -0.25) is 4.79 Å². The Morgan fingerprint density at radius 1 is 0.867 bits per heavy atom. The largest absolute Gasteiger partial charge is 0.396 e. The van der Waals surface area contributed by atoms with E-state index in [2.05, 4.69) is 67.4 Å². The predicted molar refractivity (Wildman–Crippen MR) is 346 cm³/mol. The Balaban J connectivity index is 0.875. The third kappa shape index (κ3) is 8.27. The Hall–Kier alpha value is -3.60. The smallest absolute Gasteiger partial charge is 0.159 e. The second kappa shape index (κ2) is 21.0. The molecule has 0 bridgehead atoms. The predicted octanol–water partition coefficient (Wildman–Crippen LogP) is 12.0. The molecule has 12 aliphatic carbocycles. The van der Waals surface area contributed by atoms with Gasteiger partial charge in [-0.1, -0.05) is 100 Å². The summed E-state index contributed by atoms with van der Waals surface area (Å²) >= 11 is 0. The van der Waals surface area contributed by atoms with E-state index in [9.17, 15) is 25.2 Å². The van der Waals surface area contributed by atoms with Gasteiger partial charge in [-0.25, -0.2) is 0 Å². The summed E-state index contributed by atoms with van der Waals surface area (Å²) in [6, 6.07) is 8.99.